The van der Waals surface area contributed by atoms with Crippen LogP contribution < -0.4 is 10.1 Å². The molecule has 1 N–H and O–H groups in total. The van der Waals surface area contributed by atoms with E-state index in [2.05, 4.69) is 10.1 Å². The third-order valence-corrected chi connectivity index (χ3v) is 5.28. The molecule has 1 aromatic carbocycles. The summed E-state index contributed by atoms with van der Waals surface area (Å²) in [6.07, 6.45) is -0.398. The fourth-order valence-corrected chi connectivity index (χ4v) is 3.97. The molecule has 1 amide bonds. The first-order chi connectivity index (χ1) is 10.8. The zero-order chi connectivity index (χ0) is 17.0. The Morgan fingerprint density at radius 1 is 1.35 bits per heavy atom. The standard InChI is InChI=1S/C15H19NO6S/c1-10(14(17)16-12-6-7-23(19,20)9-12)22-13-5-3-4-11(8-13)15(18)21-2/h3-5,8,10,12H,6-7,9H2,1-2H3,(H,16,17)/t10-,12-/m0/s1. The maximum atomic E-state index is 12.1. The summed E-state index contributed by atoms with van der Waals surface area (Å²) in [5.41, 5.74) is 0.319. The largest absolute Gasteiger partial charge is 0.481 e. The molecule has 7 nitrogen and oxygen atoms in total. The number of amides is 1. The van der Waals surface area contributed by atoms with Crippen LogP contribution in [0.5, 0.6) is 5.75 Å². The molecule has 0 aromatic heterocycles. The van der Waals surface area contributed by atoms with Gasteiger partial charge in [-0.2, -0.15) is 0 Å². The highest BCUT2D eigenvalue weighted by Crippen LogP contribution is 2.16. The molecule has 1 aromatic rings. The van der Waals surface area contributed by atoms with E-state index in [4.69, 9.17) is 4.74 Å². The predicted molar refractivity (Wildman–Crippen MR) is 83.1 cm³/mol. The van der Waals surface area contributed by atoms with Gasteiger partial charge in [-0.15, -0.1) is 0 Å². The lowest BCUT2D eigenvalue weighted by Crippen LogP contribution is -2.43. The summed E-state index contributed by atoms with van der Waals surface area (Å²) in [6.45, 7) is 1.56. The van der Waals surface area contributed by atoms with E-state index in [9.17, 15) is 18.0 Å². The molecule has 0 bridgehead atoms. The second kappa shape index (κ2) is 6.99. The lowest BCUT2D eigenvalue weighted by atomic mass is 10.2. The van der Waals surface area contributed by atoms with Crippen LogP contribution in [0.3, 0.4) is 0 Å². The number of carbonyl (C=O) groups excluding carboxylic acids is 2. The van der Waals surface area contributed by atoms with E-state index in [0.29, 0.717) is 17.7 Å². The number of nitrogens with one attached hydrogen (secondary N) is 1. The minimum absolute atomic E-state index is 0.0384. The van der Waals surface area contributed by atoms with Crippen molar-refractivity contribution in [3.63, 3.8) is 0 Å². The van der Waals surface area contributed by atoms with Crippen LogP contribution in [-0.2, 0) is 19.4 Å². The molecule has 2 rings (SSSR count). The van der Waals surface area contributed by atoms with Crippen molar-refractivity contribution in [2.75, 3.05) is 18.6 Å². The molecule has 0 unspecified atom stereocenters. The summed E-state index contributed by atoms with van der Waals surface area (Å²) < 4.78 is 32.9. The fraction of sp³-hybridized carbons (Fsp3) is 0.467. The van der Waals surface area contributed by atoms with Crippen LogP contribution in [0.15, 0.2) is 24.3 Å². The summed E-state index contributed by atoms with van der Waals surface area (Å²) in [5.74, 6) is -0.480. The molecule has 0 radical (unpaired) electrons. The Bertz CT molecular complexity index is 700. The van der Waals surface area contributed by atoms with Gasteiger partial charge in [-0.1, -0.05) is 6.07 Å². The van der Waals surface area contributed by atoms with Crippen molar-refractivity contribution in [2.45, 2.75) is 25.5 Å². The van der Waals surface area contributed by atoms with Gasteiger partial charge in [-0.25, -0.2) is 13.2 Å². The lowest BCUT2D eigenvalue weighted by molar-refractivity contribution is -0.127. The highest BCUT2D eigenvalue weighted by Gasteiger charge is 2.30. The van der Waals surface area contributed by atoms with Gasteiger partial charge in [0.2, 0.25) is 0 Å². The zero-order valence-corrected chi connectivity index (χ0v) is 13.8. The monoisotopic (exact) mass is 341 g/mol. The average molecular weight is 341 g/mol. The van der Waals surface area contributed by atoms with Gasteiger partial charge in [-0.3, -0.25) is 4.79 Å². The van der Waals surface area contributed by atoms with Gasteiger partial charge in [0.1, 0.15) is 5.75 Å². The third-order valence-electron chi connectivity index (χ3n) is 3.52. The van der Waals surface area contributed by atoms with Crippen molar-refractivity contribution >= 4 is 21.7 Å². The molecule has 1 aliphatic rings. The van der Waals surface area contributed by atoms with Crippen LogP contribution in [-0.4, -0.2) is 51.1 Å². The normalized spacial score (nSPS) is 20.5. The number of ether oxygens (including phenoxy) is 2. The Balaban J connectivity index is 1.95. The Kier molecular flexibility index (Phi) is 5.25. The molecule has 2 atom stereocenters. The highest BCUT2D eigenvalue weighted by atomic mass is 32.2. The van der Waals surface area contributed by atoms with E-state index in [1.807, 2.05) is 0 Å². The molecule has 8 heteroatoms. The number of hydrogen-bond donors (Lipinski definition) is 1. The number of rotatable bonds is 5. The van der Waals surface area contributed by atoms with Crippen molar-refractivity contribution in [1.82, 2.24) is 5.32 Å². The Labute approximate surface area is 134 Å². The van der Waals surface area contributed by atoms with Crippen LogP contribution in [0, 0.1) is 0 Å². The van der Waals surface area contributed by atoms with Gasteiger partial charge < -0.3 is 14.8 Å². The van der Waals surface area contributed by atoms with E-state index in [-0.39, 0.29) is 17.5 Å². The smallest absolute Gasteiger partial charge is 0.337 e. The molecule has 1 saturated heterocycles. The van der Waals surface area contributed by atoms with Crippen molar-refractivity contribution < 1.29 is 27.5 Å². The van der Waals surface area contributed by atoms with Crippen molar-refractivity contribution in [1.29, 1.82) is 0 Å². The fourth-order valence-electron chi connectivity index (χ4n) is 2.30. The molecule has 1 aliphatic heterocycles. The maximum absolute atomic E-state index is 12.1. The highest BCUT2D eigenvalue weighted by molar-refractivity contribution is 7.91. The molecule has 126 valence electrons. The van der Waals surface area contributed by atoms with Crippen LogP contribution in [0.2, 0.25) is 0 Å². The van der Waals surface area contributed by atoms with Gasteiger partial charge in [0.05, 0.1) is 24.2 Å². The first-order valence-electron chi connectivity index (χ1n) is 7.16. The van der Waals surface area contributed by atoms with E-state index in [0.717, 1.165) is 0 Å². The number of esters is 1. The van der Waals surface area contributed by atoms with Gasteiger partial charge >= 0.3 is 5.97 Å². The molecule has 0 saturated carbocycles. The summed E-state index contributed by atoms with van der Waals surface area (Å²) in [7, 11) is -1.77. The predicted octanol–water partition coefficient (Wildman–Crippen LogP) is 0.544. The minimum atomic E-state index is -3.05. The summed E-state index contributed by atoms with van der Waals surface area (Å²) in [4.78, 5) is 23.5. The quantitative estimate of drug-likeness (QED) is 0.785. The zero-order valence-electron chi connectivity index (χ0n) is 12.9. The van der Waals surface area contributed by atoms with Crippen molar-refractivity contribution in [3.8, 4) is 5.75 Å². The van der Waals surface area contributed by atoms with E-state index < -0.39 is 27.8 Å². The molecule has 1 heterocycles. The van der Waals surface area contributed by atoms with E-state index in [1.165, 1.54) is 13.2 Å². The van der Waals surface area contributed by atoms with Gasteiger partial charge in [0, 0.05) is 6.04 Å². The average Bonchev–Trinajstić information content (AvgIpc) is 2.85. The molecular formula is C15H19NO6S. The maximum Gasteiger partial charge on any atom is 0.337 e. The Morgan fingerprint density at radius 2 is 2.09 bits per heavy atom. The van der Waals surface area contributed by atoms with Crippen LogP contribution in [0.4, 0.5) is 0 Å². The van der Waals surface area contributed by atoms with Crippen LogP contribution in [0.1, 0.15) is 23.7 Å². The van der Waals surface area contributed by atoms with Crippen molar-refractivity contribution in [3.05, 3.63) is 29.8 Å². The summed E-state index contributed by atoms with van der Waals surface area (Å²) in [6, 6.07) is 5.93. The number of carbonyl (C=O) groups is 2. The molecule has 1 fully saturated rings. The topological polar surface area (TPSA) is 98.8 Å². The second-order valence-electron chi connectivity index (χ2n) is 5.39. The molecule has 23 heavy (non-hydrogen) atoms. The van der Waals surface area contributed by atoms with E-state index in [1.54, 1.807) is 25.1 Å². The summed E-state index contributed by atoms with van der Waals surface area (Å²) in [5, 5.41) is 2.67. The van der Waals surface area contributed by atoms with Gasteiger partial charge in [0.25, 0.3) is 5.91 Å². The second-order valence-corrected chi connectivity index (χ2v) is 7.62. The third kappa shape index (κ3) is 4.69. The Morgan fingerprint density at radius 3 is 2.70 bits per heavy atom. The lowest BCUT2D eigenvalue weighted by Gasteiger charge is -2.17. The van der Waals surface area contributed by atoms with Gasteiger partial charge in [-0.05, 0) is 31.5 Å². The van der Waals surface area contributed by atoms with E-state index >= 15 is 0 Å². The molecule has 0 spiro atoms. The number of benzene rings is 1. The first kappa shape index (κ1) is 17.3. The number of sulfone groups is 1. The minimum Gasteiger partial charge on any atom is -0.481 e. The molecular weight excluding hydrogens is 322 g/mol. The van der Waals surface area contributed by atoms with Crippen LogP contribution in [0.25, 0.3) is 0 Å². The number of methoxy groups -OCH3 is 1. The number of hydrogen-bond acceptors (Lipinski definition) is 6. The van der Waals surface area contributed by atoms with Crippen LogP contribution >= 0.6 is 0 Å². The SMILES string of the molecule is COC(=O)c1cccc(O[C@@H](C)C(=O)N[C@H]2CCS(=O)(=O)C2)c1. The van der Waals surface area contributed by atoms with Gasteiger partial charge in [0.15, 0.2) is 15.9 Å². The first-order valence-corrected chi connectivity index (χ1v) is 8.99. The molecule has 0 aliphatic carbocycles. The Hall–Kier alpha value is -2.09. The summed E-state index contributed by atoms with van der Waals surface area (Å²) >= 11 is 0. The van der Waals surface area contributed by atoms with Crippen molar-refractivity contribution in [2.24, 2.45) is 0 Å².